The summed E-state index contributed by atoms with van der Waals surface area (Å²) in [5.41, 5.74) is 0. The summed E-state index contributed by atoms with van der Waals surface area (Å²) in [4.78, 5) is 33.0. The van der Waals surface area contributed by atoms with E-state index in [-0.39, 0.29) is 25.5 Å². The molecule has 5 N–H and O–H groups in total. The number of carbonyl (C=O) groups is 3. The van der Waals surface area contributed by atoms with E-state index < -0.39 is 43.3 Å². The molecule has 1 fully saturated rings. The van der Waals surface area contributed by atoms with Gasteiger partial charge in [-0.3, -0.25) is 9.59 Å². The van der Waals surface area contributed by atoms with Crippen LogP contribution in [0.1, 0.15) is 26.2 Å². The van der Waals surface area contributed by atoms with Crippen LogP contribution < -0.4 is 10.6 Å². The van der Waals surface area contributed by atoms with Gasteiger partial charge in [-0.05, 0) is 12.8 Å². The molecule has 1 heterocycles. The summed E-state index contributed by atoms with van der Waals surface area (Å²) < 4.78 is 14.4. The standard InChI is InChI=1S/C15H26N2O9/c1-2-4-10(19)17-11-13(21)12(20)9(26-14(11)22)7-25-15(23)16-5-3-6-24-8-18/h8-9,11-14,20-22H,2-7H2,1H3,(H,16,23)(H,17,19)/t9-,11-,12-,13?,14?/m1/s1. The lowest BCUT2D eigenvalue weighted by molar-refractivity contribution is -0.253. The zero-order valence-electron chi connectivity index (χ0n) is 14.5. The summed E-state index contributed by atoms with van der Waals surface area (Å²) in [5.74, 6) is -0.390. The van der Waals surface area contributed by atoms with E-state index in [1.54, 1.807) is 6.92 Å². The van der Waals surface area contributed by atoms with Crippen LogP contribution >= 0.6 is 0 Å². The van der Waals surface area contributed by atoms with Crippen LogP contribution in [0.5, 0.6) is 0 Å². The van der Waals surface area contributed by atoms with Gasteiger partial charge in [0.05, 0.1) is 6.61 Å². The number of alkyl carbamates (subject to hydrolysis) is 1. The van der Waals surface area contributed by atoms with Gasteiger partial charge >= 0.3 is 6.09 Å². The third-order valence-corrected chi connectivity index (χ3v) is 3.68. The summed E-state index contributed by atoms with van der Waals surface area (Å²) in [6, 6.07) is -1.19. The van der Waals surface area contributed by atoms with Gasteiger partial charge in [-0.2, -0.15) is 0 Å². The fourth-order valence-corrected chi connectivity index (χ4v) is 2.33. The van der Waals surface area contributed by atoms with E-state index in [0.29, 0.717) is 19.3 Å². The third kappa shape index (κ3) is 7.12. The van der Waals surface area contributed by atoms with Gasteiger partial charge in [0.25, 0.3) is 6.47 Å². The highest BCUT2D eigenvalue weighted by Crippen LogP contribution is 2.20. The second kappa shape index (κ2) is 11.6. The Kier molecular flexibility index (Phi) is 9.88. The maximum atomic E-state index is 11.6. The van der Waals surface area contributed by atoms with E-state index in [0.717, 1.165) is 0 Å². The van der Waals surface area contributed by atoms with Crippen molar-refractivity contribution >= 4 is 18.5 Å². The first-order valence-corrected chi connectivity index (χ1v) is 8.35. The number of amides is 2. The molecule has 0 spiro atoms. The zero-order chi connectivity index (χ0) is 19.5. The predicted octanol–water partition coefficient (Wildman–Crippen LogP) is -2.00. The van der Waals surface area contributed by atoms with Gasteiger partial charge in [-0.15, -0.1) is 0 Å². The highest BCUT2D eigenvalue weighted by molar-refractivity contribution is 5.76. The lowest BCUT2D eigenvalue weighted by atomic mass is 9.97. The van der Waals surface area contributed by atoms with Gasteiger partial charge in [-0.1, -0.05) is 6.92 Å². The summed E-state index contributed by atoms with van der Waals surface area (Å²) in [7, 11) is 0. The zero-order valence-corrected chi connectivity index (χ0v) is 14.5. The van der Waals surface area contributed by atoms with Crippen LogP contribution in [-0.2, 0) is 23.8 Å². The van der Waals surface area contributed by atoms with Crippen LogP contribution in [0, 0.1) is 0 Å². The average molecular weight is 378 g/mol. The first kappa shape index (κ1) is 22.1. The molecule has 2 amide bonds. The monoisotopic (exact) mass is 378 g/mol. The Labute approximate surface area is 150 Å². The fourth-order valence-electron chi connectivity index (χ4n) is 2.33. The molecule has 11 nitrogen and oxygen atoms in total. The summed E-state index contributed by atoms with van der Waals surface area (Å²) in [6.07, 6.45) is -5.30. The number of carbonyl (C=O) groups excluding carboxylic acids is 3. The van der Waals surface area contributed by atoms with E-state index in [1.807, 2.05) is 0 Å². The quantitative estimate of drug-likeness (QED) is 0.214. The Bertz CT molecular complexity index is 462. The molecular formula is C15H26N2O9. The molecular weight excluding hydrogens is 352 g/mol. The van der Waals surface area contributed by atoms with Crippen molar-refractivity contribution in [1.82, 2.24) is 10.6 Å². The molecule has 0 aromatic carbocycles. The van der Waals surface area contributed by atoms with E-state index in [1.165, 1.54) is 0 Å². The smallest absolute Gasteiger partial charge is 0.407 e. The Balaban J connectivity index is 2.39. The van der Waals surface area contributed by atoms with Gasteiger partial charge in [0.2, 0.25) is 5.91 Å². The van der Waals surface area contributed by atoms with E-state index >= 15 is 0 Å². The van der Waals surface area contributed by atoms with Crippen LogP contribution in [0.3, 0.4) is 0 Å². The van der Waals surface area contributed by atoms with Crippen LogP contribution in [0.25, 0.3) is 0 Å². The second-order valence-corrected chi connectivity index (χ2v) is 5.74. The first-order chi connectivity index (χ1) is 12.4. The number of aliphatic hydroxyl groups is 3. The fraction of sp³-hybridized carbons (Fsp3) is 0.800. The molecule has 0 aromatic heterocycles. The molecule has 26 heavy (non-hydrogen) atoms. The van der Waals surface area contributed by atoms with Crippen LogP contribution in [0.2, 0.25) is 0 Å². The Hall–Kier alpha value is -1.95. The Morgan fingerprint density at radius 3 is 2.62 bits per heavy atom. The van der Waals surface area contributed by atoms with Crippen molar-refractivity contribution in [3.8, 4) is 0 Å². The highest BCUT2D eigenvalue weighted by Gasteiger charge is 2.44. The first-order valence-electron chi connectivity index (χ1n) is 8.35. The summed E-state index contributed by atoms with van der Waals surface area (Å²) >= 11 is 0. The summed E-state index contributed by atoms with van der Waals surface area (Å²) in [6.45, 7) is 2.04. The highest BCUT2D eigenvalue weighted by atomic mass is 16.6. The average Bonchev–Trinajstić information content (AvgIpc) is 2.60. The van der Waals surface area contributed by atoms with Crippen LogP contribution in [0.4, 0.5) is 4.79 Å². The number of nitrogens with one attached hydrogen (secondary N) is 2. The molecule has 0 aliphatic carbocycles. The number of hydrogen-bond donors (Lipinski definition) is 5. The Morgan fingerprint density at radius 1 is 1.23 bits per heavy atom. The van der Waals surface area contributed by atoms with Crippen molar-refractivity contribution in [3.63, 3.8) is 0 Å². The molecule has 0 aromatic rings. The largest absolute Gasteiger partial charge is 0.468 e. The Morgan fingerprint density at radius 2 is 1.96 bits per heavy atom. The SMILES string of the molecule is CCCC(=O)N[C@H]1C(O)O[C@H](COC(=O)NCCCOC=O)[C@@H](O)C1O. The van der Waals surface area contributed by atoms with Gasteiger partial charge in [0, 0.05) is 13.0 Å². The topological polar surface area (TPSA) is 164 Å². The van der Waals surface area contributed by atoms with Crippen molar-refractivity contribution in [3.05, 3.63) is 0 Å². The number of ether oxygens (including phenoxy) is 3. The molecule has 11 heteroatoms. The minimum atomic E-state index is -1.56. The third-order valence-electron chi connectivity index (χ3n) is 3.68. The van der Waals surface area contributed by atoms with Gasteiger partial charge in [0.1, 0.15) is 31.0 Å². The van der Waals surface area contributed by atoms with Gasteiger partial charge < -0.3 is 40.2 Å². The van der Waals surface area contributed by atoms with E-state index in [9.17, 15) is 29.7 Å². The molecule has 0 radical (unpaired) electrons. The number of aliphatic hydroxyl groups excluding tert-OH is 3. The van der Waals surface area contributed by atoms with Crippen molar-refractivity contribution in [2.45, 2.75) is 56.8 Å². The molecule has 0 saturated carbocycles. The molecule has 2 unspecified atom stereocenters. The second-order valence-electron chi connectivity index (χ2n) is 5.74. The normalized spacial score (nSPS) is 28.1. The molecule has 0 bridgehead atoms. The maximum Gasteiger partial charge on any atom is 0.407 e. The molecule has 1 saturated heterocycles. The molecule has 1 aliphatic rings. The minimum absolute atomic E-state index is 0.151. The van der Waals surface area contributed by atoms with Crippen LogP contribution in [-0.4, -0.2) is 84.2 Å². The lowest BCUT2D eigenvalue weighted by Crippen LogP contribution is -2.64. The lowest BCUT2D eigenvalue weighted by Gasteiger charge is -2.40. The molecule has 1 rings (SSSR count). The molecule has 1 aliphatic heterocycles. The number of hydrogen-bond acceptors (Lipinski definition) is 9. The predicted molar refractivity (Wildman–Crippen MR) is 85.7 cm³/mol. The van der Waals surface area contributed by atoms with Gasteiger partial charge in [-0.25, -0.2) is 4.79 Å². The van der Waals surface area contributed by atoms with E-state index in [2.05, 4.69) is 15.4 Å². The maximum absolute atomic E-state index is 11.6. The minimum Gasteiger partial charge on any atom is -0.468 e. The van der Waals surface area contributed by atoms with Crippen molar-refractivity contribution in [2.24, 2.45) is 0 Å². The van der Waals surface area contributed by atoms with Crippen molar-refractivity contribution < 1.29 is 43.9 Å². The van der Waals surface area contributed by atoms with Crippen LogP contribution in [0.15, 0.2) is 0 Å². The van der Waals surface area contributed by atoms with Crippen molar-refractivity contribution in [1.29, 1.82) is 0 Å². The number of rotatable bonds is 10. The van der Waals surface area contributed by atoms with Gasteiger partial charge in [0.15, 0.2) is 6.29 Å². The molecule has 5 atom stereocenters. The molecule has 150 valence electrons. The summed E-state index contributed by atoms with van der Waals surface area (Å²) in [5, 5.41) is 34.9. The van der Waals surface area contributed by atoms with Crippen molar-refractivity contribution in [2.75, 3.05) is 19.8 Å². The van der Waals surface area contributed by atoms with E-state index in [4.69, 9.17) is 9.47 Å².